The van der Waals surface area contributed by atoms with Gasteiger partial charge in [0, 0.05) is 24.9 Å². The lowest BCUT2D eigenvalue weighted by Crippen LogP contribution is -2.08. The fraction of sp³-hybridized carbons (Fsp3) is 0.267. The molecule has 1 aromatic carbocycles. The van der Waals surface area contributed by atoms with Gasteiger partial charge < -0.3 is 15.2 Å². The van der Waals surface area contributed by atoms with Crippen LogP contribution in [0, 0.1) is 0 Å². The molecule has 0 bridgehead atoms. The Morgan fingerprint density at radius 1 is 1.36 bits per heavy atom. The zero-order valence-corrected chi connectivity index (χ0v) is 12.5. The number of ether oxygens (including phenoxy) is 1. The van der Waals surface area contributed by atoms with Gasteiger partial charge in [0.1, 0.15) is 0 Å². The molecular formula is C15H17N3O4. The highest BCUT2D eigenvalue weighted by atomic mass is 16.5. The standard InChI is InChI=1S/C15H17N3O4/c1-9(2)22-15-11-8-10(4-5-12(11)18(3)17-15)16-13(19)6-7-14(20)21/h4-9H,1-3H3,(H,16,19)(H,20,21). The molecular weight excluding hydrogens is 286 g/mol. The number of aryl methyl sites for hydroxylation is 1. The first-order chi connectivity index (χ1) is 10.4. The second-order valence-electron chi connectivity index (χ2n) is 4.99. The molecule has 0 saturated carbocycles. The van der Waals surface area contributed by atoms with Crippen molar-refractivity contribution in [2.75, 3.05) is 5.32 Å². The number of amides is 1. The first-order valence-corrected chi connectivity index (χ1v) is 6.72. The third kappa shape index (κ3) is 3.63. The summed E-state index contributed by atoms with van der Waals surface area (Å²) in [5, 5.41) is 16.2. The Labute approximate surface area is 127 Å². The summed E-state index contributed by atoms with van der Waals surface area (Å²) in [5.74, 6) is -1.20. The van der Waals surface area contributed by atoms with Crippen LogP contribution in [-0.2, 0) is 16.6 Å². The predicted molar refractivity (Wildman–Crippen MR) is 81.9 cm³/mol. The zero-order chi connectivity index (χ0) is 16.3. The Bertz CT molecular complexity index is 747. The summed E-state index contributed by atoms with van der Waals surface area (Å²) in [5.41, 5.74) is 1.41. The number of carbonyl (C=O) groups is 2. The highest BCUT2D eigenvalue weighted by Crippen LogP contribution is 2.28. The smallest absolute Gasteiger partial charge is 0.328 e. The van der Waals surface area contributed by atoms with E-state index >= 15 is 0 Å². The van der Waals surface area contributed by atoms with Crippen LogP contribution in [0.1, 0.15) is 13.8 Å². The largest absolute Gasteiger partial charge is 0.478 e. The third-order valence-corrected chi connectivity index (χ3v) is 2.81. The summed E-state index contributed by atoms with van der Waals surface area (Å²) >= 11 is 0. The zero-order valence-electron chi connectivity index (χ0n) is 12.5. The second-order valence-corrected chi connectivity index (χ2v) is 4.99. The Hall–Kier alpha value is -2.83. The molecule has 0 spiro atoms. The molecule has 22 heavy (non-hydrogen) atoms. The van der Waals surface area contributed by atoms with Gasteiger partial charge in [0.2, 0.25) is 11.8 Å². The van der Waals surface area contributed by atoms with Gasteiger partial charge in [-0.25, -0.2) is 4.79 Å². The Balaban J connectivity index is 2.29. The fourth-order valence-electron chi connectivity index (χ4n) is 1.95. The van der Waals surface area contributed by atoms with Crippen molar-refractivity contribution < 1.29 is 19.4 Å². The lowest BCUT2D eigenvalue weighted by atomic mass is 10.2. The third-order valence-electron chi connectivity index (χ3n) is 2.81. The highest BCUT2D eigenvalue weighted by molar-refractivity contribution is 6.03. The van der Waals surface area contributed by atoms with E-state index in [9.17, 15) is 9.59 Å². The maximum Gasteiger partial charge on any atom is 0.328 e. The van der Waals surface area contributed by atoms with Gasteiger partial charge in [0.25, 0.3) is 0 Å². The number of aromatic nitrogens is 2. The fourth-order valence-corrected chi connectivity index (χ4v) is 1.95. The van der Waals surface area contributed by atoms with Gasteiger partial charge in [0.05, 0.1) is 17.0 Å². The van der Waals surface area contributed by atoms with E-state index in [0.717, 1.165) is 23.1 Å². The molecule has 7 heteroatoms. The number of nitrogens with zero attached hydrogens (tertiary/aromatic N) is 2. The van der Waals surface area contributed by atoms with Crippen molar-refractivity contribution in [3.63, 3.8) is 0 Å². The molecule has 7 nitrogen and oxygen atoms in total. The molecule has 2 aromatic rings. The van der Waals surface area contributed by atoms with Crippen LogP contribution in [0.2, 0.25) is 0 Å². The minimum absolute atomic E-state index is 0.0187. The molecule has 0 unspecified atom stereocenters. The molecule has 0 aliphatic heterocycles. The van der Waals surface area contributed by atoms with E-state index in [2.05, 4.69) is 10.4 Å². The SMILES string of the molecule is CC(C)Oc1nn(C)c2ccc(NC(=O)C=CC(=O)O)cc12. The van der Waals surface area contributed by atoms with Crippen molar-refractivity contribution in [2.45, 2.75) is 20.0 Å². The summed E-state index contributed by atoms with van der Waals surface area (Å²) in [6.07, 6.45) is 1.72. The minimum atomic E-state index is -1.18. The second kappa shape index (κ2) is 6.30. The van der Waals surface area contributed by atoms with E-state index in [-0.39, 0.29) is 6.10 Å². The molecule has 0 fully saturated rings. The summed E-state index contributed by atoms with van der Waals surface area (Å²) < 4.78 is 7.35. The number of rotatable bonds is 5. The molecule has 2 N–H and O–H groups in total. The number of carbonyl (C=O) groups excluding carboxylic acids is 1. The van der Waals surface area contributed by atoms with Gasteiger partial charge in [-0.05, 0) is 32.0 Å². The normalized spacial score (nSPS) is 11.3. The van der Waals surface area contributed by atoms with Gasteiger partial charge in [-0.1, -0.05) is 0 Å². The molecule has 0 saturated heterocycles. The molecule has 1 amide bonds. The number of carboxylic acids is 1. The van der Waals surface area contributed by atoms with Crippen molar-refractivity contribution in [3.8, 4) is 5.88 Å². The van der Waals surface area contributed by atoms with Gasteiger partial charge in [-0.2, -0.15) is 0 Å². The van der Waals surface area contributed by atoms with E-state index in [1.807, 2.05) is 27.0 Å². The van der Waals surface area contributed by atoms with Crippen LogP contribution >= 0.6 is 0 Å². The summed E-state index contributed by atoms with van der Waals surface area (Å²) in [4.78, 5) is 22.0. The summed E-state index contributed by atoms with van der Waals surface area (Å²) in [7, 11) is 1.81. The molecule has 0 radical (unpaired) electrons. The molecule has 116 valence electrons. The minimum Gasteiger partial charge on any atom is -0.478 e. The predicted octanol–water partition coefficient (Wildman–Crippen LogP) is 1.94. The van der Waals surface area contributed by atoms with Crippen LogP contribution in [0.5, 0.6) is 5.88 Å². The molecule has 1 heterocycles. The van der Waals surface area contributed by atoms with Crippen molar-refractivity contribution >= 4 is 28.5 Å². The van der Waals surface area contributed by atoms with Gasteiger partial charge >= 0.3 is 5.97 Å². The van der Waals surface area contributed by atoms with E-state index in [1.165, 1.54) is 0 Å². The lowest BCUT2D eigenvalue weighted by molar-refractivity contribution is -0.131. The van der Waals surface area contributed by atoms with E-state index in [0.29, 0.717) is 11.6 Å². The Kier molecular flexibility index (Phi) is 4.45. The van der Waals surface area contributed by atoms with Crippen molar-refractivity contribution in [2.24, 2.45) is 7.05 Å². The Morgan fingerprint density at radius 2 is 2.09 bits per heavy atom. The van der Waals surface area contributed by atoms with Crippen molar-refractivity contribution in [1.82, 2.24) is 9.78 Å². The van der Waals surface area contributed by atoms with Crippen LogP contribution in [0.3, 0.4) is 0 Å². The summed E-state index contributed by atoms with van der Waals surface area (Å²) in [6.45, 7) is 3.81. The number of benzene rings is 1. The molecule has 0 aliphatic rings. The number of fused-ring (bicyclic) bond motifs is 1. The number of nitrogens with one attached hydrogen (secondary N) is 1. The number of anilines is 1. The highest BCUT2D eigenvalue weighted by Gasteiger charge is 2.12. The first kappa shape index (κ1) is 15.6. The van der Waals surface area contributed by atoms with Crippen LogP contribution in [0.4, 0.5) is 5.69 Å². The summed E-state index contributed by atoms with van der Waals surface area (Å²) in [6, 6.07) is 5.27. The number of carboxylic acid groups (broad SMARTS) is 1. The lowest BCUT2D eigenvalue weighted by Gasteiger charge is -2.07. The quantitative estimate of drug-likeness (QED) is 0.823. The van der Waals surface area contributed by atoms with E-state index in [4.69, 9.17) is 9.84 Å². The molecule has 1 aromatic heterocycles. The molecule has 0 aliphatic carbocycles. The Morgan fingerprint density at radius 3 is 2.73 bits per heavy atom. The number of aliphatic carboxylic acids is 1. The maximum atomic E-state index is 11.6. The van der Waals surface area contributed by atoms with Crippen LogP contribution < -0.4 is 10.1 Å². The van der Waals surface area contributed by atoms with Crippen LogP contribution in [0.15, 0.2) is 30.4 Å². The van der Waals surface area contributed by atoms with Crippen LogP contribution in [-0.4, -0.2) is 32.9 Å². The first-order valence-electron chi connectivity index (χ1n) is 6.72. The van der Waals surface area contributed by atoms with E-state index in [1.54, 1.807) is 16.8 Å². The number of hydrogen-bond acceptors (Lipinski definition) is 4. The van der Waals surface area contributed by atoms with Gasteiger partial charge in [-0.3, -0.25) is 9.48 Å². The average Bonchev–Trinajstić information content (AvgIpc) is 2.72. The van der Waals surface area contributed by atoms with Crippen molar-refractivity contribution in [3.05, 3.63) is 30.4 Å². The average molecular weight is 303 g/mol. The number of hydrogen-bond donors (Lipinski definition) is 2. The van der Waals surface area contributed by atoms with Gasteiger partial charge in [0.15, 0.2) is 0 Å². The van der Waals surface area contributed by atoms with Gasteiger partial charge in [-0.15, -0.1) is 5.10 Å². The van der Waals surface area contributed by atoms with E-state index < -0.39 is 11.9 Å². The molecule has 0 atom stereocenters. The van der Waals surface area contributed by atoms with Crippen molar-refractivity contribution in [1.29, 1.82) is 0 Å². The van der Waals surface area contributed by atoms with Crippen LogP contribution in [0.25, 0.3) is 10.9 Å². The maximum absolute atomic E-state index is 11.6. The topological polar surface area (TPSA) is 93.5 Å². The molecule has 2 rings (SSSR count). The monoisotopic (exact) mass is 303 g/mol.